The van der Waals surface area contributed by atoms with Crippen LogP contribution in [0.1, 0.15) is 33.6 Å². The van der Waals surface area contributed by atoms with Crippen molar-refractivity contribution >= 4 is 8.80 Å². The molecular weight excluding hydrogens is 248 g/mol. The van der Waals surface area contributed by atoms with Crippen LogP contribution >= 0.6 is 0 Å². The van der Waals surface area contributed by atoms with E-state index in [9.17, 15) is 0 Å². The highest BCUT2D eigenvalue weighted by Gasteiger charge is 2.39. The average molecular weight is 274 g/mol. The van der Waals surface area contributed by atoms with Gasteiger partial charge in [0.15, 0.2) is 0 Å². The van der Waals surface area contributed by atoms with Crippen LogP contribution in [0.25, 0.3) is 0 Å². The first-order chi connectivity index (χ1) is 8.76. The van der Waals surface area contributed by atoms with Crippen LogP contribution in [0, 0.1) is 0 Å². The molecule has 1 rings (SSSR count). The van der Waals surface area contributed by atoms with Crippen molar-refractivity contribution in [2.45, 2.75) is 45.8 Å². The molecule has 1 heterocycles. The van der Waals surface area contributed by atoms with E-state index < -0.39 is 8.80 Å². The molecule has 0 amide bonds. The second kappa shape index (κ2) is 8.52. The lowest BCUT2D eigenvalue weighted by Crippen LogP contribution is -2.46. The first-order valence-corrected chi connectivity index (χ1v) is 8.78. The van der Waals surface area contributed by atoms with Crippen molar-refractivity contribution in [3.63, 3.8) is 0 Å². The van der Waals surface area contributed by atoms with Crippen molar-refractivity contribution in [2.75, 3.05) is 19.8 Å². The van der Waals surface area contributed by atoms with Crippen LogP contribution in [0.15, 0.2) is 12.4 Å². The standard InChI is InChI=1S/C12H26N2O3Si/c1-4-15-18(16-5-2,17-6-3)11-7-8-12-13-9-10-14-12/h9-10,12-14H,4-8,11H2,1-3H3. The largest absolute Gasteiger partial charge is 0.500 e. The van der Waals surface area contributed by atoms with Gasteiger partial charge < -0.3 is 23.9 Å². The Labute approximate surface area is 111 Å². The fraction of sp³-hybridized carbons (Fsp3) is 0.833. The predicted molar refractivity (Wildman–Crippen MR) is 73.9 cm³/mol. The van der Waals surface area contributed by atoms with Gasteiger partial charge in [-0.05, 0) is 33.6 Å². The minimum atomic E-state index is -2.44. The average Bonchev–Trinajstić information content (AvgIpc) is 2.83. The molecule has 0 aromatic heterocycles. The van der Waals surface area contributed by atoms with Crippen molar-refractivity contribution in [1.29, 1.82) is 0 Å². The van der Waals surface area contributed by atoms with Crippen LogP contribution in [-0.2, 0) is 13.3 Å². The Kier molecular flexibility index (Phi) is 7.34. The van der Waals surface area contributed by atoms with Crippen LogP contribution < -0.4 is 10.6 Å². The second-order valence-corrected chi connectivity index (χ2v) is 6.83. The van der Waals surface area contributed by atoms with E-state index in [0.29, 0.717) is 26.0 Å². The Morgan fingerprint density at radius 1 is 0.944 bits per heavy atom. The van der Waals surface area contributed by atoms with Crippen LogP contribution in [0.3, 0.4) is 0 Å². The molecule has 18 heavy (non-hydrogen) atoms. The third-order valence-electron chi connectivity index (χ3n) is 2.75. The van der Waals surface area contributed by atoms with E-state index in [1.807, 2.05) is 33.2 Å². The molecule has 1 aliphatic heterocycles. The van der Waals surface area contributed by atoms with E-state index in [0.717, 1.165) is 18.9 Å². The van der Waals surface area contributed by atoms with Gasteiger partial charge in [-0.25, -0.2) is 0 Å². The summed E-state index contributed by atoms with van der Waals surface area (Å²) < 4.78 is 17.4. The van der Waals surface area contributed by atoms with E-state index in [2.05, 4.69) is 10.6 Å². The smallest absolute Gasteiger partial charge is 0.374 e. The molecule has 0 aliphatic carbocycles. The molecule has 0 aromatic rings. The molecule has 106 valence electrons. The summed E-state index contributed by atoms with van der Waals surface area (Å²) in [6, 6.07) is 0.877. The molecule has 2 N–H and O–H groups in total. The lowest BCUT2D eigenvalue weighted by atomic mass is 10.3. The molecule has 0 saturated carbocycles. The Hall–Kier alpha value is -0.563. The van der Waals surface area contributed by atoms with Gasteiger partial charge in [0.1, 0.15) is 0 Å². The molecule has 0 aromatic carbocycles. The summed E-state index contributed by atoms with van der Waals surface area (Å²) in [5.41, 5.74) is 0. The van der Waals surface area contributed by atoms with Crippen molar-refractivity contribution in [1.82, 2.24) is 10.6 Å². The summed E-state index contributed by atoms with van der Waals surface area (Å²) in [6.07, 6.45) is 6.26. The SMILES string of the molecule is CCO[Si](CCCC1NC=CN1)(OCC)OCC. The van der Waals surface area contributed by atoms with Crippen LogP contribution in [0.2, 0.25) is 6.04 Å². The normalized spacial score (nSPS) is 15.7. The van der Waals surface area contributed by atoms with Gasteiger partial charge in [0.05, 0.1) is 6.17 Å². The molecule has 0 bridgehead atoms. The van der Waals surface area contributed by atoms with Crippen molar-refractivity contribution in [3.05, 3.63) is 12.4 Å². The maximum Gasteiger partial charge on any atom is 0.500 e. The highest BCUT2D eigenvalue weighted by atomic mass is 28.4. The van der Waals surface area contributed by atoms with Gasteiger partial charge in [-0.3, -0.25) is 0 Å². The summed E-state index contributed by atoms with van der Waals surface area (Å²) in [4.78, 5) is 0. The van der Waals surface area contributed by atoms with Gasteiger partial charge in [0.25, 0.3) is 0 Å². The van der Waals surface area contributed by atoms with E-state index in [1.165, 1.54) is 0 Å². The number of hydrogen-bond acceptors (Lipinski definition) is 5. The molecule has 0 atom stereocenters. The zero-order valence-corrected chi connectivity index (χ0v) is 12.7. The van der Waals surface area contributed by atoms with Gasteiger partial charge >= 0.3 is 8.80 Å². The summed E-state index contributed by atoms with van der Waals surface area (Å²) in [7, 11) is -2.44. The zero-order chi connectivity index (χ0) is 13.3. The molecular formula is C12H26N2O3Si. The highest BCUT2D eigenvalue weighted by Crippen LogP contribution is 2.20. The van der Waals surface area contributed by atoms with Gasteiger partial charge in [-0.15, -0.1) is 0 Å². The minimum absolute atomic E-state index is 0.335. The Morgan fingerprint density at radius 3 is 1.89 bits per heavy atom. The molecule has 6 heteroatoms. The molecule has 0 unspecified atom stereocenters. The summed E-state index contributed by atoms with van der Waals surface area (Å²) in [6.45, 7) is 7.91. The Bertz CT molecular complexity index is 226. The summed E-state index contributed by atoms with van der Waals surface area (Å²) in [5, 5.41) is 6.48. The van der Waals surface area contributed by atoms with Gasteiger partial charge in [0.2, 0.25) is 0 Å². The van der Waals surface area contributed by atoms with Gasteiger partial charge in [-0.2, -0.15) is 0 Å². The zero-order valence-electron chi connectivity index (χ0n) is 11.7. The third-order valence-corrected chi connectivity index (χ3v) is 5.90. The predicted octanol–water partition coefficient (Wildman–Crippen LogP) is 1.81. The van der Waals surface area contributed by atoms with Crippen molar-refractivity contribution < 1.29 is 13.3 Å². The maximum atomic E-state index is 5.81. The number of nitrogens with one attached hydrogen (secondary N) is 2. The molecule has 0 saturated heterocycles. The van der Waals surface area contributed by atoms with Crippen LogP contribution in [-0.4, -0.2) is 34.8 Å². The Balaban J connectivity index is 2.37. The monoisotopic (exact) mass is 274 g/mol. The summed E-state index contributed by atoms with van der Waals surface area (Å²) >= 11 is 0. The lowest BCUT2D eigenvalue weighted by Gasteiger charge is -2.28. The molecule has 0 radical (unpaired) electrons. The third kappa shape index (κ3) is 4.97. The highest BCUT2D eigenvalue weighted by molar-refractivity contribution is 6.60. The van der Waals surface area contributed by atoms with Crippen LogP contribution in [0.4, 0.5) is 0 Å². The minimum Gasteiger partial charge on any atom is -0.374 e. The van der Waals surface area contributed by atoms with E-state index in [4.69, 9.17) is 13.3 Å². The molecule has 0 fully saturated rings. The Morgan fingerprint density at radius 2 is 1.44 bits per heavy atom. The fourth-order valence-electron chi connectivity index (χ4n) is 2.07. The number of rotatable bonds is 10. The molecule has 0 spiro atoms. The molecule has 1 aliphatic rings. The lowest BCUT2D eigenvalue weighted by molar-refractivity contribution is 0.0705. The van der Waals surface area contributed by atoms with Gasteiger partial charge in [-0.1, -0.05) is 0 Å². The topological polar surface area (TPSA) is 51.8 Å². The van der Waals surface area contributed by atoms with Gasteiger partial charge in [0, 0.05) is 38.3 Å². The first-order valence-electron chi connectivity index (χ1n) is 6.85. The van der Waals surface area contributed by atoms with E-state index in [-0.39, 0.29) is 0 Å². The first kappa shape index (κ1) is 15.5. The fourth-order valence-corrected chi connectivity index (χ4v) is 4.71. The van der Waals surface area contributed by atoms with Crippen LogP contribution in [0.5, 0.6) is 0 Å². The van der Waals surface area contributed by atoms with Crippen molar-refractivity contribution in [3.8, 4) is 0 Å². The van der Waals surface area contributed by atoms with E-state index in [1.54, 1.807) is 0 Å². The quantitative estimate of drug-likeness (QED) is 0.595. The maximum absolute atomic E-state index is 5.81. The second-order valence-electron chi connectivity index (χ2n) is 4.09. The van der Waals surface area contributed by atoms with E-state index >= 15 is 0 Å². The summed E-state index contributed by atoms with van der Waals surface area (Å²) in [5.74, 6) is 0. The number of hydrogen-bond donors (Lipinski definition) is 2. The molecule has 5 nitrogen and oxygen atoms in total. The van der Waals surface area contributed by atoms with Crippen molar-refractivity contribution in [2.24, 2.45) is 0 Å².